The van der Waals surface area contributed by atoms with E-state index in [-0.39, 0.29) is 124 Å². The van der Waals surface area contributed by atoms with Gasteiger partial charge in [-0.25, -0.2) is 49.7 Å². The minimum absolute atomic E-state index is 0.00636. The van der Waals surface area contributed by atoms with Crippen LogP contribution in [0.25, 0.3) is 55.8 Å². The first-order chi connectivity index (χ1) is 49.3. The summed E-state index contributed by atoms with van der Waals surface area (Å²) in [7, 11) is 0. The van der Waals surface area contributed by atoms with Gasteiger partial charge in [0.25, 0.3) is 5.56 Å². The molecule has 6 saturated heterocycles. The molecule has 544 valence electrons. The van der Waals surface area contributed by atoms with Crippen molar-refractivity contribution < 1.29 is 73.3 Å². The lowest BCUT2D eigenvalue weighted by Crippen LogP contribution is -2.27. The molecular weight excluding hydrogens is 1370 g/mol. The molecule has 0 spiro atoms. The van der Waals surface area contributed by atoms with Crippen LogP contribution >= 0.6 is 11.6 Å². The van der Waals surface area contributed by atoms with Crippen LogP contribution in [-0.2, 0) is 42.6 Å². The number of halogens is 1. The van der Waals surface area contributed by atoms with Gasteiger partial charge < -0.3 is 102 Å². The first kappa shape index (κ1) is 71.9. The third kappa shape index (κ3) is 16.1. The van der Waals surface area contributed by atoms with Crippen molar-refractivity contribution >= 4 is 97.0 Å². The molecule has 6 aliphatic heterocycles. The minimum atomic E-state index is -0.710. The van der Waals surface area contributed by atoms with E-state index in [4.69, 9.17) is 108 Å². The summed E-state index contributed by atoms with van der Waals surface area (Å²) in [5.41, 5.74) is 33.9. The molecule has 44 nitrogen and oxygen atoms in total. The summed E-state index contributed by atoms with van der Waals surface area (Å²) in [5.74, 6) is 0.666. The van der Waals surface area contributed by atoms with Gasteiger partial charge >= 0.3 is 5.69 Å². The van der Waals surface area contributed by atoms with Gasteiger partial charge in [0, 0.05) is 12.6 Å². The fourth-order valence-corrected chi connectivity index (χ4v) is 11.6. The molecule has 17 rings (SSSR count). The van der Waals surface area contributed by atoms with Crippen molar-refractivity contribution in [3.8, 4) is 0 Å². The number of nitrogens with two attached hydrogens (primary N) is 5. The number of imidazole rings is 5. The largest absolute Gasteiger partial charge is 0.394 e. The average Bonchev–Trinajstić information content (AvgIpc) is 1.64. The highest BCUT2D eigenvalue weighted by molar-refractivity contribution is 6.33. The standard InChI is InChI=1S/C11H14N4O2.C10H13N5O2.C9H10ClN5O3.C9H11N5O4.C9H11N5O3.C9H13N3O3/c1-7-10-11(13-5-12-7)15(6-14-10)9-3-2-8(4-16)17-9;1-5-8-9(14-10(11)13-5)15(4-12-8)6-2-3-7(16)17-6;10-7-6-8(14-9(11)13-7)15(3-12-6)4-2-17-5(1-16)18-4;10-9-12-7-6(8(16)13-9)11-3-14(7)4-2-17-5(1-15)18-4;10-9-11-1-5-8(13-9)14(4-12-5)6-3-16-7(2-15)17-6;10-7-3-4-12(9(14)11-7)8-2-1-6(5-13)15-8/h5-6,8-9,16H,2-4H2,1H3;4,6-7,16H,2-3H2,1H3,(H2,11,13,14);3-5,16H,1-2H2,(H2,11,13,14);3-5,15H,1-2H2,(H3,10,12,13,16);1,4,6-7,15H,2-3H2,(H2,10,11,13);3-4,6,8,13H,1-2,5H2,(H2,10,11,14). The van der Waals surface area contributed by atoms with Gasteiger partial charge in [-0.15, -0.1) is 0 Å². The highest BCUT2D eigenvalue weighted by Gasteiger charge is 2.34. The van der Waals surface area contributed by atoms with E-state index in [1.54, 1.807) is 55.7 Å². The molecule has 102 heavy (non-hydrogen) atoms. The summed E-state index contributed by atoms with van der Waals surface area (Å²) in [6.45, 7) is 4.03. The molecule has 0 amide bonds. The van der Waals surface area contributed by atoms with E-state index >= 15 is 0 Å². The summed E-state index contributed by atoms with van der Waals surface area (Å²) in [6, 6.07) is 1.55. The molecule has 17 heterocycles. The third-order valence-corrected chi connectivity index (χ3v) is 16.5. The number of nitrogen functional groups attached to an aromatic ring is 5. The first-order valence-electron chi connectivity index (χ1n) is 31.6. The summed E-state index contributed by atoms with van der Waals surface area (Å²) >= 11 is 5.92. The average molecular weight is 1440 g/mol. The van der Waals surface area contributed by atoms with E-state index in [2.05, 4.69) is 79.7 Å². The monoisotopic (exact) mass is 1440 g/mol. The lowest BCUT2D eigenvalue weighted by Gasteiger charge is -2.14. The Hall–Kier alpha value is -9.88. The fourth-order valence-electron chi connectivity index (χ4n) is 11.3. The lowest BCUT2D eigenvalue weighted by atomic mass is 10.2. The topological polar surface area (TPSA) is 607 Å². The van der Waals surface area contributed by atoms with Crippen molar-refractivity contribution in [2.24, 2.45) is 0 Å². The SMILES string of the molecule is Cc1nc(N)nc2c1ncn2C1CCC(O)O1.Cc1ncnc2c1ncn2C1CCC(CO)O1.Nc1ccn(C2CCC(CO)O2)c(=O)n1.Nc1nc(Cl)c2ncn(C3COC(CO)O3)c2n1.Nc1nc2c(ncn2C2COC(CO)O2)c(=O)[nH]1.Nc1ncc2ncn(C3COC(CO)O3)c2n1. The number of anilines is 5. The van der Waals surface area contributed by atoms with Crippen molar-refractivity contribution in [2.75, 3.05) is 81.5 Å². The first-order valence-corrected chi connectivity index (χ1v) is 32.0. The van der Waals surface area contributed by atoms with E-state index in [1.807, 2.05) is 18.4 Å². The smallest absolute Gasteiger partial charge is 0.351 e. The third-order valence-electron chi connectivity index (χ3n) is 16.2. The molecule has 12 atom stereocenters. The number of fused-ring (bicyclic) bond motifs is 5. The van der Waals surface area contributed by atoms with Crippen LogP contribution in [-0.4, -0.2) is 228 Å². The van der Waals surface area contributed by atoms with Crippen LogP contribution in [0.3, 0.4) is 0 Å². The Bertz CT molecular complexity index is 4780. The Morgan fingerprint density at radius 2 is 0.951 bits per heavy atom. The maximum atomic E-state index is 11.6. The van der Waals surface area contributed by atoms with Crippen LogP contribution in [0.1, 0.15) is 87.3 Å². The fraction of sp³-hybridized carbons (Fsp3) is 0.491. The van der Waals surface area contributed by atoms with Crippen molar-refractivity contribution in [2.45, 2.75) is 127 Å². The van der Waals surface area contributed by atoms with Gasteiger partial charge in [0.05, 0.1) is 114 Å². The number of aliphatic hydroxyl groups is 6. The maximum Gasteiger partial charge on any atom is 0.351 e. The number of hydrogen-bond acceptors (Lipinski definition) is 37. The predicted molar refractivity (Wildman–Crippen MR) is 351 cm³/mol. The van der Waals surface area contributed by atoms with Gasteiger partial charge in [-0.3, -0.25) is 37.2 Å². The van der Waals surface area contributed by atoms with Gasteiger partial charge in [0.1, 0.15) is 52.9 Å². The number of nitrogens with one attached hydrogen (secondary N) is 1. The Labute approximate surface area is 577 Å². The number of aliphatic hydroxyl groups excluding tert-OH is 6. The predicted octanol–water partition coefficient (Wildman–Crippen LogP) is -1.59. The Balaban J connectivity index is 0.000000116. The van der Waals surface area contributed by atoms with E-state index in [0.29, 0.717) is 58.6 Å². The number of aromatic amines is 1. The molecule has 11 aromatic rings. The second-order valence-corrected chi connectivity index (χ2v) is 23.4. The van der Waals surface area contributed by atoms with Crippen LogP contribution in [0.15, 0.2) is 66.0 Å². The van der Waals surface area contributed by atoms with Gasteiger partial charge in [-0.2, -0.15) is 29.9 Å². The lowest BCUT2D eigenvalue weighted by molar-refractivity contribution is -0.111. The summed E-state index contributed by atoms with van der Waals surface area (Å²) in [5, 5.41) is 54.3. The van der Waals surface area contributed by atoms with Crippen LogP contribution in [0.4, 0.5) is 29.6 Å². The van der Waals surface area contributed by atoms with Crippen LogP contribution in [0, 0.1) is 13.8 Å². The zero-order chi connectivity index (χ0) is 71.9. The minimum Gasteiger partial charge on any atom is -0.394 e. The molecule has 0 radical (unpaired) electrons. The zero-order valence-electron chi connectivity index (χ0n) is 54.4. The molecule has 17 N–H and O–H groups in total. The van der Waals surface area contributed by atoms with E-state index in [0.717, 1.165) is 48.2 Å². The molecular formula is C57H72ClN27O17. The van der Waals surface area contributed by atoms with Crippen molar-refractivity contribution in [3.05, 3.63) is 93.8 Å². The number of H-pyrrole nitrogens is 1. The van der Waals surface area contributed by atoms with Crippen LogP contribution in [0.2, 0.25) is 5.15 Å². The Morgan fingerprint density at radius 1 is 0.471 bits per heavy atom. The van der Waals surface area contributed by atoms with E-state index < -0.39 is 48.9 Å². The molecule has 6 aliphatic rings. The normalized spacial score (nSPS) is 24.5. The second-order valence-electron chi connectivity index (χ2n) is 23.1. The molecule has 11 aromatic heterocycles. The Kier molecular flexibility index (Phi) is 22.6. The number of aromatic nitrogens is 22. The molecule has 0 saturated carbocycles. The quantitative estimate of drug-likeness (QED) is 0.0650. The highest BCUT2D eigenvalue weighted by atomic mass is 35.5. The molecule has 0 bridgehead atoms. The zero-order valence-corrected chi connectivity index (χ0v) is 55.1. The number of hydrogen-bond donors (Lipinski definition) is 12. The molecule has 6 fully saturated rings. The summed E-state index contributed by atoms with van der Waals surface area (Å²) in [6.07, 6.45) is 12.3. The van der Waals surface area contributed by atoms with Crippen molar-refractivity contribution in [1.82, 2.24) is 107 Å². The van der Waals surface area contributed by atoms with Crippen molar-refractivity contribution in [1.29, 1.82) is 0 Å². The number of ether oxygens (including phenoxy) is 9. The van der Waals surface area contributed by atoms with Crippen molar-refractivity contribution in [3.63, 3.8) is 0 Å². The van der Waals surface area contributed by atoms with E-state index in [1.165, 1.54) is 23.5 Å². The second kappa shape index (κ2) is 32.0. The molecule has 45 heteroatoms. The number of aryl methyl sites for hydroxylation is 2. The molecule has 0 aliphatic carbocycles. The van der Waals surface area contributed by atoms with Crippen LogP contribution < -0.4 is 39.9 Å². The van der Waals surface area contributed by atoms with Crippen LogP contribution in [0.5, 0.6) is 0 Å². The van der Waals surface area contributed by atoms with Gasteiger partial charge in [-0.1, -0.05) is 11.6 Å². The maximum absolute atomic E-state index is 11.6. The van der Waals surface area contributed by atoms with E-state index in [9.17, 15) is 14.7 Å². The molecule has 12 unspecified atom stereocenters. The van der Waals surface area contributed by atoms with Gasteiger partial charge in [-0.05, 0) is 52.0 Å². The summed E-state index contributed by atoms with van der Waals surface area (Å²) in [4.78, 5) is 86.2. The van der Waals surface area contributed by atoms with Gasteiger partial charge in [0.2, 0.25) is 23.8 Å². The van der Waals surface area contributed by atoms with Gasteiger partial charge in [0.15, 0.2) is 82.7 Å². The Morgan fingerprint density at radius 3 is 1.50 bits per heavy atom. The number of nitrogens with zero attached hydrogens (tertiary/aromatic N) is 21. The molecule has 0 aromatic carbocycles. The summed E-state index contributed by atoms with van der Waals surface area (Å²) < 4.78 is 58.5. The number of rotatable bonds is 11. The highest BCUT2D eigenvalue weighted by Crippen LogP contribution is 2.34.